The molecule has 1 aromatic heterocycles. The van der Waals surface area contributed by atoms with E-state index in [4.69, 9.17) is 10.3 Å². The molecule has 4 nitrogen and oxygen atoms in total. The number of hydrogen-bond acceptors (Lipinski definition) is 4. The molecule has 0 radical (unpaired) electrons. The molecule has 0 bridgehead atoms. The van der Waals surface area contributed by atoms with Gasteiger partial charge in [-0.25, -0.2) is 0 Å². The second-order valence-corrected chi connectivity index (χ2v) is 3.45. The smallest absolute Gasteiger partial charge is 0.229 e. The Balaban J connectivity index is 0.000000845. The van der Waals surface area contributed by atoms with E-state index < -0.39 is 0 Å². The van der Waals surface area contributed by atoms with Gasteiger partial charge in [-0.1, -0.05) is 5.16 Å². The second-order valence-electron chi connectivity index (χ2n) is 3.45. The third kappa shape index (κ3) is 2.19. The van der Waals surface area contributed by atoms with Crippen molar-refractivity contribution in [2.45, 2.75) is 38.1 Å². The van der Waals surface area contributed by atoms with E-state index in [9.17, 15) is 0 Å². The molecule has 2 N–H and O–H groups in total. The van der Waals surface area contributed by atoms with Crippen LogP contribution in [0, 0.1) is 6.92 Å². The summed E-state index contributed by atoms with van der Waals surface area (Å²) in [5.41, 5.74) is 5.78. The number of halogens is 1. The zero-order valence-corrected chi connectivity index (χ0v) is 8.38. The first-order valence-electron chi connectivity index (χ1n) is 4.31. The van der Waals surface area contributed by atoms with Gasteiger partial charge in [-0.3, -0.25) is 0 Å². The van der Waals surface area contributed by atoms with Crippen molar-refractivity contribution in [1.82, 2.24) is 10.1 Å². The van der Waals surface area contributed by atoms with Crippen molar-refractivity contribution in [2.75, 3.05) is 0 Å². The number of nitrogens with two attached hydrogens (primary N) is 1. The normalized spacial score (nSPS) is 27.2. The lowest BCUT2D eigenvalue weighted by Crippen LogP contribution is -2.14. The minimum Gasteiger partial charge on any atom is -0.339 e. The average molecular weight is 204 g/mol. The van der Waals surface area contributed by atoms with Crippen LogP contribution in [-0.2, 0) is 0 Å². The van der Waals surface area contributed by atoms with Crippen molar-refractivity contribution >= 4 is 12.4 Å². The van der Waals surface area contributed by atoms with Crippen molar-refractivity contribution in [3.05, 3.63) is 11.7 Å². The first-order chi connectivity index (χ1) is 5.75. The van der Waals surface area contributed by atoms with E-state index in [-0.39, 0.29) is 12.4 Å². The fourth-order valence-electron chi connectivity index (χ4n) is 1.72. The second kappa shape index (κ2) is 4.07. The van der Waals surface area contributed by atoms with E-state index in [1.807, 2.05) is 6.92 Å². The third-order valence-corrected chi connectivity index (χ3v) is 2.37. The summed E-state index contributed by atoms with van der Waals surface area (Å²) in [7, 11) is 0. The topological polar surface area (TPSA) is 64.9 Å². The van der Waals surface area contributed by atoms with Gasteiger partial charge in [-0.15, -0.1) is 12.4 Å². The average Bonchev–Trinajstić information content (AvgIpc) is 2.58. The van der Waals surface area contributed by atoms with E-state index in [0.717, 1.165) is 25.2 Å². The van der Waals surface area contributed by atoms with Crippen molar-refractivity contribution in [3.8, 4) is 0 Å². The molecule has 0 spiro atoms. The quantitative estimate of drug-likeness (QED) is 0.749. The van der Waals surface area contributed by atoms with Crippen molar-refractivity contribution in [3.63, 3.8) is 0 Å². The molecule has 2 rings (SSSR count). The molecule has 74 valence electrons. The Labute approximate surface area is 83.3 Å². The zero-order valence-electron chi connectivity index (χ0n) is 7.56. The van der Waals surface area contributed by atoms with Gasteiger partial charge in [0.05, 0.1) is 0 Å². The molecule has 1 aliphatic rings. The van der Waals surface area contributed by atoms with Gasteiger partial charge in [0.15, 0.2) is 5.82 Å². The van der Waals surface area contributed by atoms with E-state index in [0.29, 0.717) is 17.8 Å². The monoisotopic (exact) mass is 203 g/mol. The molecule has 1 aliphatic carbocycles. The van der Waals surface area contributed by atoms with Crippen LogP contribution >= 0.6 is 12.4 Å². The van der Waals surface area contributed by atoms with E-state index >= 15 is 0 Å². The molecule has 0 amide bonds. The number of rotatable bonds is 1. The highest BCUT2D eigenvalue weighted by molar-refractivity contribution is 5.85. The van der Waals surface area contributed by atoms with Crippen LogP contribution in [0.5, 0.6) is 0 Å². The SMILES string of the molecule is Cc1noc([C@H]2CC[C@@H](N)C2)n1.Cl. The Morgan fingerprint density at radius 3 is 2.69 bits per heavy atom. The summed E-state index contributed by atoms with van der Waals surface area (Å²) < 4.78 is 5.08. The minimum atomic E-state index is 0. The third-order valence-electron chi connectivity index (χ3n) is 2.37. The molecule has 0 saturated heterocycles. The Morgan fingerprint density at radius 1 is 1.46 bits per heavy atom. The van der Waals surface area contributed by atoms with Gasteiger partial charge in [0, 0.05) is 12.0 Å². The summed E-state index contributed by atoms with van der Waals surface area (Å²) in [6.45, 7) is 1.84. The molecule has 1 heterocycles. The van der Waals surface area contributed by atoms with Crippen LogP contribution in [0.25, 0.3) is 0 Å². The van der Waals surface area contributed by atoms with Crippen LogP contribution in [0.15, 0.2) is 4.52 Å². The van der Waals surface area contributed by atoms with Gasteiger partial charge in [-0.05, 0) is 26.2 Å². The van der Waals surface area contributed by atoms with Crippen molar-refractivity contribution < 1.29 is 4.52 Å². The van der Waals surface area contributed by atoms with Gasteiger partial charge in [0.25, 0.3) is 0 Å². The van der Waals surface area contributed by atoms with E-state index in [2.05, 4.69) is 10.1 Å². The number of hydrogen-bond donors (Lipinski definition) is 1. The van der Waals surface area contributed by atoms with Crippen molar-refractivity contribution in [1.29, 1.82) is 0 Å². The molecular formula is C8H14ClN3O. The summed E-state index contributed by atoms with van der Waals surface area (Å²) in [5, 5.41) is 3.76. The highest BCUT2D eigenvalue weighted by Gasteiger charge is 2.27. The number of nitrogens with zero attached hydrogens (tertiary/aromatic N) is 2. The van der Waals surface area contributed by atoms with Crippen LogP contribution in [-0.4, -0.2) is 16.2 Å². The predicted molar refractivity (Wildman–Crippen MR) is 50.9 cm³/mol. The van der Waals surface area contributed by atoms with E-state index in [1.54, 1.807) is 0 Å². The first kappa shape index (κ1) is 10.5. The van der Waals surface area contributed by atoms with Crippen LogP contribution in [0.4, 0.5) is 0 Å². The van der Waals surface area contributed by atoms with Crippen LogP contribution < -0.4 is 5.73 Å². The maximum Gasteiger partial charge on any atom is 0.229 e. The molecule has 1 saturated carbocycles. The molecule has 0 aromatic carbocycles. The largest absolute Gasteiger partial charge is 0.339 e. The maximum atomic E-state index is 5.78. The molecule has 0 aliphatic heterocycles. The molecule has 2 atom stereocenters. The number of aromatic nitrogens is 2. The molecule has 13 heavy (non-hydrogen) atoms. The van der Waals surface area contributed by atoms with Crippen LogP contribution in [0.2, 0.25) is 0 Å². The fraction of sp³-hybridized carbons (Fsp3) is 0.750. The Morgan fingerprint density at radius 2 is 2.23 bits per heavy atom. The molecule has 1 fully saturated rings. The summed E-state index contributed by atoms with van der Waals surface area (Å²) in [6, 6.07) is 0.321. The fourth-order valence-corrected chi connectivity index (χ4v) is 1.72. The minimum absolute atomic E-state index is 0. The lowest BCUT2D eigenvalue weighted by Gasteiger charge is -2.01. The summed E-state index contributed by atoms with van der Waals surface area (Å²) in [6.07, 6.45) is 3.15. The summed E-state index contributed by atoms with van der Waals surface area (Å²) in [5.74, 6) is 1.88. The van der Waals surface area contributed by atoms with Crippen LogP contribution in [0.1, 0.15) is 36.9 Å². The van der Waals surface area contributed by atoms with Gasteiger partial charge >= 0.3 is 0 Å². The molecule has 0 unspecified atom stereocenters. The number of aryl methyl sites for hydroxylation is 1. The summed E-state index contributed by atoms with van der Waals surface area (Å²) in [4.78, 5) is 4.19. The van der Waals surface area contributed by atoms with Crippen molar-refractivity contribution in [2.24, 2.45) is 5.73 Å². The molecule has 1 aromatic rings. The Kier molecular flexibility index (Phi) is 3.27. The molecular weight excluding hydrogens is 190 g/mol. The standard InChI is InChI=1S/C8H13N3O.ClH/c1-5-10-8(12-11-5)6-2-3-7(9)4-6;/h6-7H,2-4,9H2,1H3;1H/t6-,7+;/m0./s1. The van der Waals surface area contributed by atoms with Gasteiger partial charge in [-0.2, -0.15) is 4.98 Å². The first-order valence-corrected chi connectivity index (χ1v) is 4.31. The maximum absolute atomic E-state index is 5.78. The lowest BCUT2D eigenvalue weighted by atomic mass is 10.1. The highest BCUT2D eigenvalue weighted by atomic mass is 35.5. The van der Waals surface area contributed by atoms with Gasteiger partial charge in [0.2, 0.25) is 5.89 Å². The van der Waals surface area contributed by atoms with Gasteiger partial charge < -0.3 is 10.3 Å². The summed E-state index contributed by atoms with van der Waals surface area (Å²) >= 11 is 0. The highest BCUT2D eigenvalue weighted by Crippen LogP contribution is 2.32. The Bertz CT molecular complexity index is 276. The van der Waals surface area contributed by atoms with Gasteiger partial charge in [0.1, 0.15) is 0 Å². The Hall–Kier alpha value is -0.610. The van der Waals surface area contributed by atoms with E-state index in [1.165, 1.54) is 0 Å². The van der Waals surface area contributed by atoms with Crippen LogP contribution in [0.3, 0.4) is 0 Å². The zero-order chi connectivity index (χ0) is 8.55. The lowest BCUT2D eigenvalue weighted by molar-refractivity contribution is 0.350. The predicted octanol–water partition coefficient (Wildman–Crippen LogP) is 1.39. The molecule has 5 heteroatoms.